The zero-order chi connectivity index (χ0) is 23.9. The summed E-state index contributed by atoms with van der Waals surface area (Å²) in [7, 11) is -3.62. The number of aryl methyl sites for hydroxylation is 1. The van der Waals surface area contributed by atoms with Gasteiger partial charge in [0.1, 0.15) is 5.78 Å². The SMILES string of the molecule is CCCCC1=C2C(c3ccccc3)C(=O)C(C3CC3)C2CN(S(=O)(=O)c2ccc(C)cc2)CC1. The molecule has 5 heteroatoms. The fourth-order valence-electron chi connectivity index (χ4n) is 6.09. The van der Waals surface area contributed by atoms with Crippen molar-refractivity contribution in [3.8, 4) is 0 Å². The maximum Gasteiger partial charge on any atom is 0.243 e. The molecule has 2 aromatic carbocycles. The maximum atomic E-state index is 13.9. The summed E-state index contributed by atoms with van der Waals surface area (Å²) < 4.78 is 29.1. The van der Waals surface area contributed by atoms with Crippen LogP contribution in [-0.2, 0) is 14.8 Å². The predicted octanol–water partition coefficient (Wildman–Crippen LogP) is 5.89. The summed E-state index contributed by atoms with van der Waals surface area (Å²) in [5.41, 5.74) is 4.70. The van der Waals surface area contributed by atoms with Gasteiger partial charge >= 0.3 is 0 Å². The van der Waals surface area contributed by atoms with Crippen LogP contribution < -0.4 is 0 Å². The molecule has 34 heavy (non-hydrogen) atoms. The Balaban J connectivity index is 1.58. The lowest BCUT2D eigenvalue weighted by Gasteiger charge is -2.26. The molecule has 2 aromatic rings. The lowest BCUT2D eigenvalue weighted by molar-refractivity contribution is -0.123. The molecule has 0 spiro atoms. The van der Waals surface area contributed by atoms with Gasteiger partial charge in [0.15, 0.2) is 0 Å². The second kappa shape index (κ2) is 9.43. The van der Waals surface area contributed by atoms with Crippen molar-refractivity contribution in [2.75, 3.05) is 13.1 Å². The zero-order valence-corrected chi connectivity index (χ0v) is 21.1. The Morgan fingerprint density at radius 3 is 2.35 bits per heavy atom. The summed E-state index contributed by atoms with van der Waals surface area (Å²) in [5, 5.41) is 0. The van der Waals surface area contributed by atoms with Crippen LogP contribution in [0.3, 0.4) is 0 Å². The molecule has 2 saturated carbocycles. The molecule has 2 aliphatic carbocycles. The molecule has 0 radical (unpaired) electrons. The van der Waals surface area contributed by atoms with E-state index in [1.54, 1.807) is 16.4 Å². The molecule has 4 nitrogen and oxygen atoms in total. The summed E-state index contributed by atoms with van der Waals surface area (Å²) in [4.78, 5) is 14.3. The molecule has 0 amide bonds. The summed E-state index contributed by atoms with van der Waals surface area (Å²) in [6.07, 6.45) is 5.98. The van der Waals surface area contributed by atoms with Gasteiger partial charge in [-0.25, -0.2) is 8.42 Å². The van der Waals surface area contributed by atoms with E-state index in [1.165, 1.54) is 11.1 Å². The van der Waals surface area contributed by atoms with E-state index < -0.39 is 10.0 Å². The van der Waals surface area contributed by atoms with Crippen LogP contribution in [0.2, 0.25) is 0 Å². The standard InChI is InChI=1S/C29H35NO3S/c1-3-4-8-22-17-18-30(34(32,33)24-15-11-20(2)12-16-24)19-25-26(22)28(21-9-6-5-7-10-21)29(31)27(25)23-13-14-23/h5-7,9-12,15-16,23,25,27-28H,3-4,8,13-14,17-19H2,1-2H3. The number of unbranched alkanes of at least 4 members (excludes halogenated alkanes) is 1. The largest absolute Gasteiger partial charge is 0.298 e. The molecule has 0 aromatic heterocycles. The number of ketones is 1. The third-order valence-electron chi connectivity index (χ3n) is 7.98. The van der Waals surface area contributed by atoms with Crippen LogP contribution in [0.15, 0.2) is 70.6 Å². The average molecular weight is 478 g/mol. The Hall–Kier alpha value is -2.24. The predicted molar refractivity (Wildman–Crippen MR) is 135 cm³/mol. The Kier molecular flexibility index (Phi) is 6.51. The van der Waals surface area contributed by atoms with E-state index >= 15 is 0 Å². The Morgan fingerprint density at radius 1 is 1.00 bits per heavy atom. The van der Waals surface area contributed by atoms with E-state index in [0.717, 1.165) is 43.2 Å². The number of sulfonamides is 1. The normalized spacial score (nSPS) is 25.9. The minimum atomic E-state index is -3.62. The number of nitrogens with zero attached hydrogens (tertiary/aromatic N) is 1. The van der Waals surface area contributed by atoms with Crippen molar-refractivity contribution in [3.63, 3.8) is 0 Å². The van der Waals surface area contributed by atoms with Crippen molar-refractivity contribution in [2.24, 2.45) is 17.8 Å². The first-order valence-electron chi connectivity index (χ1n) is 12.8. The molecular formula is C29H35NO3S. The molecule has 0 N–H and O–H groups in total. The number of Topliss-reactive ketones (excluding diaryl/α,β-unsaturated/α-hetero) is 1. The van der Waals surface area contributed by atoms with Crippen LogP contribution in [0.1, 0.15) is 62.5 Å². The van der Waals surface area contributed by atoms with E-state index in [2.05, 4.69) is 19.1 Å². The molecule has 1 aliphatic heterocycles. The molecule has 1 heterocycles. The molecule has 0 saturated heterocycles. The van der Waals surface area contributed by atoms with Crippen LogP contribution in [0, 0.1) is 24.7 Å². The summed E-state index contributed by atoms with van der Waals surface area (Å²) >= 11 is 0. The third kappa shape index (κ3) is 4.29. The third-order valence-corrected chi connectivity index (χ3v) is 9.86. The fraction of sp³-hybridized carbons (Fsp3) is 0.483. The van der Waals surface area contributed by atoms with Crippen molar-refractivity contribution in [2.45, 2.75) is 63.2 Å². The Labute approximate surface area is 204 Å². The van der Waals surface area contributed by atoms with Gasteiger partial charge in [-0.1, -0.05) is 72.5 Å². The van der Waals surface area contributed by atoms with Crippen molar-refractivity contribution >= 4 is 15.8 Å². The lowest BCUT2D eigenvalue weighted by atomic mass is 9.84. The van der Waals surface area contributed by atoms with Gasteiger partial charge in [0, 0.05) is 24.9 Å². The number of rotatable bonds is 7. The molecule has 3 unspecified atom stereocenters. The number of hydrogen-bond acceptors (Lipinski definition) is 3. The first-order valence-corrected chi connectivity index (χ1v) is 14.2. The van der Waals surface area contributed by atoms with E-state index in [9.17, 15) is 13.2 Å². The van der Waals surface area contributed by atoms with Crippen molar-refractivity contribution in [1.29, 1.82) is 0 Å². The lowest BCUT2D eigenvalue weighted by Crippen LogP contribution is -2.37. The number of carbonyl (C=O) groups excluding carboxylic acids is 1. The number of hydrogen-bond donors (Lipinski definition) is 0. The van der Waals surface area contributed by atoms with Crippen LogP contribution in [0.5, 0.6) is 0 Å². The highest BCUT2D eigenvalue weighted by atomic mass is 32.2. The summed E-state index contributed by atoms with van der Waals surface area (Å²) in [5.74, 6) is 0.420. The highest BCUT2D eigenvalue weighted by molar-refractivity contribution is 7.89. The van der Waals surface area contributed by atoms with Gasteiger partial charge in [0.25, 0.3) is 0 Å². The average Bonchev–Trinajstić information content (AvgIpc) is 3.65. The van der Waals surface area contributed by atoms with Crippen molar-refractivity contribution in [3.05, 3.63) is 76.9 Å². The maximum absolute atomic E-state index is 13.9. The molecule has 2 fully saturated rings. The molecule has 5 rings (SSSR count). The second-order valence-corrected chi connectivity index (χ2v) is 12.2. The zero-order valence-electron chi connectivity index (χ0n) is 20.2. The molecule has 180 valence electrons. The van der Waals surface area contributed by atoms with Crippen molar-refractivity contribution < 1.29 is 13.2 Å². The van der Waals surface area contributed by atoms with Gasteiger partial charge in [-0.3, -0.25) is 4.79 Å². The highest BCUT2D eigenvalue weighted by Crippen LogP contribution is 2.55. The van der Waals surface area contributed by atoms with E-state index in [4.69, 9.17) is 0 Å². The van der Waals surface area contributed by atoms with Crippen LogP contribution in [0.4, 0.5) is 0 Å². The van der Waals surface area contributed by atoms with Crippen LogP contribution >= 0.6 is 0 Å². The van der Waals surface area contributed by atoms with Crippen LogP contribution in [0.25, 0.3) is 0 Å². The first kappa shape index (κ1) is 23.5. The smallest absolute Gasteiger partial charge is 0.243 e. The minimum absolute atomic E-state index is 0.0141. The van der Waals surface area contributed by atoms with E-state index in [0.29, 0.717) is 36.1 Å². The van der Waals surface area contributed by atoms with E-state index in [1.807, 2.05) is 37.3 Å². The molecule has 3 aliphatic rings. The van der Waals surface area contributed by atoms with Gasteiger partial charge < -0.3 is 0 Å². The van der Waals surface area contributed by atoms with Crippen molar-refractivity contribution in [1.82, 2.24) is 4.31 Å². The highest BCUT2D eigenvalue weighted by Gasteiger charge is 2.54. The van der Waals surface area contributed by atoms with Gasteiger partial charge in [-0.2, -0.15) is 4.31 Å². The van der Waals surface area contributed by atoms with Gasteiger partial charge in [0.2, 0.25) is 10.0 Å². The molecule has 3 atom stereocenters. The number of carbonyl (C=O) groups is 1. The fourth-order valence-corrected chi connectivity index (χ4v) is 7.55. The summed E-state index contributed by atoms with van der Waals surface area (Å²) in [6.45, 7) is 5.06. The second-order valence-electron chi connectivity index (χ2n) is 10.3. The number of benzene rings is 2. The topological polar surface area (TPSA) is 54.5 Å². The molecule has 0 bridgehead atoms. The Morgan fingerprint density at radius 2 is 1.71 bits per heavy atom. The number of fused-ring (bicyclic) bond motifs is 1. The summed E-state index contributed by atoms with van der Waals surface area (Å²) in [6, 6.07) is 17.3. The van der Waals surface area contributed by atoms with Gasteiger partial charge in [-0.05, 0) is 62.6 Å². The van der Waals surface area contributed by atoms with E-state index in [-0.39, 0.29) is 17.8 Å². The van der Waals surface area contributed by atoms with Crippen LogP contribution in [-0.4, -0.2) is 31.6 Å². The monoisotopic (exact) mass is 477 g/mol. The minimum Gasteiger partial charge on any atom is -0.298 e. The first-order chi connectivity index (χ1) is 16.4. The molecular weight excluding hydrogens is 442 g/mol. The van der Waals surface area contributed by atoms with Gasteiger partial charge in [0.05, 0.1) is 10.8 Å². The Bertz CT molecular complexity index is 1180. The van der Waals surface area contributed by atoms with Gasteiger partial charge in [-0.15, -0.1) is 0 Å². The quantitative estimate of drug-likeness (QED) is 0.468.